The lowest BCUT2D eigenvalue weighted by Crippen LogP contribution is -2.43. The van der Waals surface area contributed by atoms with E-state index in [1.54, 1.807) is 7.11 Å². The summed E-state index contributed by atoms with van der Waals surface area (Å²) in [5.74, 6) is 0.471. The molecule has 2 bridgehead atoms. The van der Waals surface area contributed by atoms with Crippen LogP contribution in [0.25, 0.3) is 11.6 Å². The third-order valence-electron chi connectivity index (χ3n) is 6.13. The first kappa shape index (κ1) is 20.0. The fourth-order valence-corrected chi connectivity index (χ4v) is 4.56. The van der Waals surface area contributed by atoms with Crippen LogP contribution < -0.4 is 4.74 Å². The van der Waals surface area contributed by atoms with E-state index in [4.69, 9.17) is 21.1 Å². The number of carbonyl (C=O) groups excluding carboxylic acids is 1. The minimum atomic E-state index is -0.279. The van der Waals surface area contributed by atoms with Crippen molar-refractivity contribution in [2.24, 2.45) is 0 Å². The van der Waals surface area contributed by atoms with E-state index in [9.17, 15) is 4.79 Å². The van der Waals surface area contributed by atoms with Crippen LogP contribution in [0, 0.1) is 0 Å². The molecule has 2 heterocycles. The number of hydrogen-bond donors (Lipinski definition) is 0. The number of esters is 1. The van der Waals surface area contributed by atoms with Crippen molar-refractivity contribution in [2.45, 2.75) is 43.9 Å². The lowest BCUT2D eigenvalue weighted by molar-refractivity contribution is -0.144. The molecule has 0 radical (unpaired) electrons. The van der Waals surface area contributed by atoms with Crippen LogP contribution in [0.4, 0.5) is 0 Å². The summed E-state index contributed by atoms with van der Waals surface area (Å²) in [6.07, 6.45) is 6.06. The predicted molar refractivity (Wildman–Crippen MR) is 116 cm³/mol. The van der Waals surface area contributed by atoms with Gasteiger partial charge in [-0.1, -0.05) is 35.9 Å². The molecule has 2 aromatic carbocycles. The van der Waals surface area contributed by atoms with Crippen molar-refractivity contribution >= 4 is 29.2 Å². The normalized spacial score (nSPS) is 24.4. The molecule has 1 unspecified atom stereocenters. The van der Waals surface area contributed by atoms with Crippen molar-refractivity contribution in [3.8, 4) is 5.75 Å². The van der Waals surface area contributed by atoms with E-state index in [1.807, 2.05) is 54.6 Å². The number of halogens is 1. The smallest absolute Gasteiger partial charge is 0.339 e. The number of nitrogens with zero attached hydrogens (tertiary/aromatic N) is 1. The Morgan fingerprint density at radius 3 is 2.24 bits per heavy atom. The highest BCUT2D eigenvalue weighted by Gasteiger charge is 2.40. The van der Waals surface area contributed by atoms with E-state index in [-0.39, 0.29) is 12.1 Å². The van der Waals surface area contributed by atoms with Crippen molar-refractivity contribution < 1.29 is 14.3 Å². The maximum absolute atomic E-state index is 13.2. The summed E-state index contributed by atoms with van der Waals surface area (Å²) in [6, 6.07) is 16.0. The third kappa shape index (κ3) is 4.49. The van der Waals surface area contributed by atoms with Crippen LogP contribution in [0.3, 0.4) is 0 Å². The first-order valence-electron chi connectivity index (χ1n) is 10.1. The third-order valence-corrected chi connectivity index (χ3v) is 6.38. The number of hydrogen-bond acceptors (Lipinski definition) is 4. The number of ether oxygens (including phenoxy) is 2. The molecule has 0 aliphatic carbocycles. The van der Waals surface area contributed by atoms with Gasteiger partial charge in [-0.25, -0.2) is 4.79 Å². The lowest BCUT2D eigenvalue weighted by Gasteiger charge is -2.35. The fraction of sp³-hybridized carbons (Fsp3) is 0.375. The minimum absolute atomic E-state index is 0.0249. The van der Waals surface area contributed by atoms with Crippen LogP contribution in [-0.2, 0) is 9.53 Å². The molecule has 152 valence electrons. The van der Waals surface area contributed by atoms with Gasteiger partial charge in [0.2, 0.25) is 0 Å². The second kappa shape index (κ2) is 8.60. The number of piperidine rings is 1. The Kier molecular flexibility index (Phi) is 5.93. The van der Waals surface area contributed by atoms with Gasteiger partial charge < -0.3 is 14.4 Å². The average Bonchev–Trinajstić information content (AvgIpc) is 2.94. The van der Waals surface area contributed by atoms with E-state index < -0.39 is 0 Å². The summed E-state index contributed by atoms with van der Waals surface area (Å²) in [7, 11) is 3.81. The Bertz CT molecular complexity index is 877. The van der Waals surface area contributed by atoms with Crippen LogP contribution in [-0.4, -0.2) is 43.2 Å². The standard InChI is InChI=1S/C24H26ClNO3/c1-26-19-9-10-20(26)15-22(14-19)29-24(27)23(13-16-3-7-18(25)8-4-16)17-5-11-21(28-2)12-6-17/h3-8,11-13,19-20,22H,9-10,14-15H2,1-2H3/b23-13+/t19-,20+,22?. The van der Waals surface area contributed by atoms with E-state index in [2.05, 4.69) is 11.9 Å². The first-order valence-corrected chi connectivity index (χ1v) is 10.5. The summed E-state index contributed by atoms with van der Waals surface area (Å²) in [4.78, 5) is 15.6. The maximum Gasteiger partial charge on any atom is 0.339 e. The monoisotopic (exact) mass is 411 g/mol. The summed E-state index contributed by atoms with van der Waals surface area (Å²) in [5.41, 5.74) is 2.25. The Morgan fingerprint density at radius 1 is 1.03 bits per heavy atom. The van der Waals surface area contributed by atoms with Crippen molar-refractivity contribution in [1.29, 1.82) is 0 Å². The molecule has 2 aromatic rings. The van der Waals surface area contributed by atoms with Gasteiger partial charge >= 0.3 is 5.97 Å². The van der Waals surface area contributed by atoms with Gasteiger partial charge in [0.05, 0.1) is 12.7 Å². The van der Waals surface area contributed by atoms with E-state index in [0.717, 1.165) is 29.7 Å². The zero-order valence-electron chi connectivity index (χ0n) is 16.8. The van der Waals surface area contributed by atoms with E-state index >= 15 is 0 Å². The van der Waals surface area contributed by atoms with Gasteiger partial charge in [-0.3, -0.25) is 0 Å². The highest BCUT2D eigenvalue weighted by Crippen LogP contribution is 2.36. The van der Waals surface area contributed by atoms with Gasteiger partial charge in [0.25, 0.3) is 0 Å². The second-order valence-corrected chi connectivity index (χ2v) is 8.32. The largest absolute Gasteiger partial charge is 0.497 e. The van der Waals surface area contributed by atoms with Gasteiger partial charge in [-0.05, 0) is 61.4 Å². The second-order valence-electron chi connectivity index (χ2n) is 7.89. The number of methoxy groups -OCH3 is 1. The minimum Gasteiger partial charge on any atom is -0.497 e. The van der Waals surface area contributed by atoms with Gasteiger partial charge in [-0.2, -0.15) is 0 Å². The molecule has 0 amide bonds. The van der Waals surface area contributed by atoms with Gasteiger partial charge in [0.1, 0.15) is 11.9 Å². The van der Waals surface area contributed by atoms with Crippen molar-refractivity contribution in [1.82, 2.24) is 4.90 Å². The molecule has 3 atom stereocenters. The molecule has 0 N–H and O–H groups in total. The van der Waals surface area contributed by atoms with Crippen LogP contribution in [0.5, 0.6) is 5.75 Å². The summed E-state index contributed by atoms with van der Waals surface area (Å²) in [6.45, 7) is 0. The van der Waals surface area contributed by atoms with Crippen molar-refractivity contribution in [3.05, 3.63) is 64.7 Å². The topological polar surface area (TPSA) is 38.8 Å². The molecule has 0 spiro atoms. The SMILES string of the molecule is COc1ccc(/C(=C\c2ccc(Cl)cc2)C(=O)OC2C[C@H]3CC[C@@H](C2)N3C)cc1. The zero-order chi connectivity index (χ0) is 20.4. The van der Waals surface area contributed by atoms with E-state index in [1.165, 1.54) is 12.8 Å². The maximum atomic E-state index is 13.2. The molecule has 4 nitrogen and oxygen atoms in total. The number of carbonyl (C=O) groups is 1. The van der Waals surface area contributed by atoms with Crippen LogP contribution >= 0.6 is 11.6 Å². The Hall–Kier alpha value is -2.30. The Labute approximate surface area is 177 Å². The molecule has 4 rings (SSSR count). The Morgan fingerprint density at radius 2 is 1.66 bits per heavy atom. The molecule has 2 fully saturated rings. The van der Waals surface area contributed by atoms with E-state index in [0.29, 0.717) is 22.7 Å². The average molecular weight is 412 g/mol. The molecule has 0 aromatic heterocycles. The molecular formula is C24H26ClNO3. The van der Waals surface area contributed by atoms with Crippen LogP contribution in [0.1, 0.15) is 36.8 Å². The highest BCUT2D eigenvalue weighted by atomic mass is 35.5. The molecule has 2 aliphatic rings. The molecule has 5 heteroatoms. The Balaban J connectivity index is 1.58. The fourth-order valence-electron chi connectivity index (χ4n) is 4.43. The summed E-state index contributed by atoms with van der Waals surface area (Å²) < 4.78 is 11.2. The molecule has 2 aliphatic heterocycles. The van der Waals surface area contributed by atoms with Gasteiger partial charge in [0, 0.05) is 29.9 Å². The van der Waals surface area contributed by atoms with Crippen LogP contribution in [0.15, 0.2) is 48.5 Å². The van der Waals surface area contributed by atoms with Gasteiger partial charge in [-0.15, -0.1) is 0 Å². The summed E-state index contributed by atoms with van der Waals surface area (Å²) in [5, 5.41) is 0.664. The highest BCUT2D eigenvalue weighted by molar-refractivity contribution is 6.30. The predicted octanol–water partition coefficient (Wildman–Crippen LogP) is 5.06. The zero-order valence-corrected chi connectivity index (χ0v) is 17.6. The quantitative estimate of drug-likeness (QED) is 0.391. The van der Waals surface area contributed by atoms with Crippen molar-refractivity contribution in [2.75, 3.05) is 14.2 Å². The lowest BCUT2D eigenvalue weighted by atomic mass is 9.99. The number of benzene rings is 2. The number of rotatable bonds is 5. The molecule has 0 saturated carbocycles. The molecular weight excluding hydrogens is 386 g/mol. The van der Waals surface area contributed by atoms with Crippen molar-refractivity contribution in [3.63, 3.8) is 0 Å². The van der Waals surface area contributed by atoms with Gasteiger partial charge in [0.15, 0.2) is 0 Å². The molecule has 29 heavy (non-hydrogen) atoms. The summed E-state index contributed by atoms with van der Waals surface area (Å²) >= 11 is 6.00. The van der Waals surface area contributed by atoms with Crippen LogP contribution in [0.2, 0.25) is 5.02 Å². The first-order chi connectivity index (χ1) is 14.0. The molecule has 2 saturated heterocycles. The number of fused-ring (bicyclic) bond motifs is 2.